The summed E-state index contributed by atoms with van der Waals surface area (Å²) in [5.74, 6) is 1.50. The molecule has 1 heterocycles. The van der Waals surface area contributed by atoms with Crippen molar-refractivity contribution in [2.45, 2.75) is 26.2 Å². The highest BCUT2D eigenvalue weighted by Crippen LogP contribution is 2.21. The van der Waals surface area contributed by atoms with Crippen LogP contribution in [0, 0.1) is 0 Å². The Labute approximate surface area is 110 Å². The second-order valence-electron chi connectivity index (χ2n) is 3.80. The van der Waals surface area contributed by atoms with Crippen molar-refractivity contribution in [3.05, 3.63) is 17.0 Å². The van der Waals surface area contributed by atoms with Crippen molar-refractivity contribution >= 4 is 28.2 Å². The van der Waals surface area contributed by atoms with E-state index in [4.69, 9.17) is 11.6 Å². The van der Waals surface area contributed by atoms with Gasteiger partial charge in [-0.2, -0.15) is 0 Å². The SMILES string of the molecule is CCCc1c(Cl)ncnc1NCCCS(C)=O. The van der Waals surface area contributed by atoms with Crippen molar-refractivity contribution in [3.63, 3.8) is 0 Å². The molecule has 6 heteroatoms. The van der Waals surface area contributed by atoms with Crippen LogP contribution in [0.15, 0.2) is 6.33 Å². The van der Waals surface area contributed by atoms with Gasteiger partial charge in [-0.05, 0) is 12.8 Å². The molecule has 0 radical (unpaired) electrons. The molecule has 0 aliphatic rings. The van der Waals surface area contributed by atoms with E-state index >= 15 is 0 Å². The number of aromatic nitrogens is 2. The number of anilines is 1. The number of hydrogen-bond donors (Lipinski definition) is 1. The average molecular weight is 276 g/mol. The van der Waals surface area contributed by atoms with Crippen molar-refractivity contribution in [2.75, 3.05) is 23.9 Å². The lowest BCUT2D eigenvalue weighted by molar-refractivity contribution is 0.685. The van der Waals surface area contributed by atoms with Gasteiger partial charge >= 0.3 is 0 Å². The van der Waals surface area contributed by atoms with Crippen molar-refractivity contribution in [1.29, 1.82) is 0 Å². The van der Waals surface area contributed by atoms with Crippen LogP contribution in [0.2, 0.25) is 5.15 Å². The van der Waals surface area contributed by atoms with E-state index in [0.29, 0.717) is 10.9 Å². The topological polar surface area (TPSA) is 54.9 Å². The van der Waals surface area contributed by atoms with Gasteiger partial charge in [-0.3, -0.25) is 4.21 Å². The van der Waals surface area contributed by atoms with Gasteiger partial charge < -0.3 is 5.32 Å². The minimum absolute atomic E-state index is 0.517. The molecule has 1 unspecified atom stereocenters. The van der Waals surface area contributed by atoms with E-state index in [2.05, 4.69) is 22.2 Å². The summed E-state index contributed by atoms with van der Waals surface area (Å²) in [7, 11) is -0.735. The fourth-order valence-electron chi connectivity index (χ4n) is 1.50. The first-order valence-corrected chi connectivity index (χ1v) is 7.79. The quantitative estimate of drug-likeness (QED) is 0.613. The van der Waals surface area contributed by atoms with E-state index < -0.39 is 10.8 Å². The average Bonchev–Trinajstić information content (AvgIpc) is 2.28. The van der Waals surface area contributed by atoms with Gasteiger partial charge in [0.1, 0.15) is 17.3 Å². The van der Waals surface area contributed by atoms with Gasteiger partial charge in [0, 0.05) is 34.9 Å². The summed E-state index contributed by atoms with van der Waals surface area (Å²) in [5, 5.41) is 3.74. The molecule has 0 fully saturated rings. The zero-order valence-corrected chi connectivity index (χ0v) is 11.8. The molecule has 0 saturated heterocycles. The Morgan fingerprint density at radius 1 is 1.47 bits per heavy atom. The monoisotopic (exact) mass is 275 g/mol. The molecule has 1 aromatic rings. The van der Waals surface area contributed by atoms with Gasteiger partial charge in [0.05, 0.1) is 0 Å². The molecule has 4 nitrogen and oxygen atoms in total. The maximum atomic E-state index is 10.9. The Morgan fingerprint density at radius 2 is 2.24 bits per heavy atom. The third kappa shape index (κ3) is 5.00. The van der Waals surface area contributed by atoms with Gasteiger partial charge in [-0.1, -0.05) is 24.9 Å². The fraction of sp³-hybridized carbons (Fsp3) is 0.636. The number of rotatable bonds is 7. The molecule has 0 aliphatic heterocycles. The normalized spacial score (nSPS) is 12.4. The third-order valence-electron chi connectivity index (χ3n) is 2.29. The van der Waals surface area contributed by atoms with Gasteiger partial charge in [-0.25, -0.2) is 9.97 Å². The lowest BCUT2D eigenvalue weighted by Crippen LogP contribution is -2.10. The van der Waals surface area contributed by atoms with Crippen molar-refractivity contribution in [1.82, 2.24) is 9.97 Å². The van der Waals surface area contributed by atoms with Crippen LogP contribution < -0.4 is 5.32 Å². The molecule has 96 valence electrons. The smallest absolute Gasteiger partial charge is 0.137 e. The summed E-state index contributed by atoms with van der Waals surface area (Å²) in [4.78, 5) is 8.17. The van der Waals surface area contributed by atoms with E-state index in [9.17, 15) is 4.21 Å². The van der Waals surface area contributed by atoms with Crippen molar-refractivity contribution < 1.29 is 4.21 Å². The van der Waals surface area contributed by atoms with Crippen LogP contribution in [0.5, 0.6) is 0 Å². The second kappa shape index (κ2) is 7.61. The summed E-state index contributed by atoms with van der Waals surface area (Å²) < 4.78 is 10.9. The van der Waals surface area contributed by atoms with E-state index in [1.54, 1.807) is 6.26 Å². The molecular weight excluding hydrogens is 258 g/mol. The Balaban J connectivity index is 2.57. The minimum Gasteiger partial charge on any atom is -0.370 e. The molecule has 0 spiro atoms. The highest BCUT2D eigenvalue weighted by molar-refractivity contribution is 7.84. The van der Waals surface area contributed by atoms with Crippen molar-refractivity contribution in [3.8, 4) is 0 Å². The Kier molecular flexibility index (Phi) is 6.44. The van der Waals surface area contributed by atoms with Crippen LogP contribution >= 0.6 is 11.6 Å². The first kappa shape index (κ1) is 14.4. The Bertz CT molecular complexity index is 387. The summed E-state index contributed by atoms with van der Waals surface area (Å²) in [6, 6.07) is 0. The molecule has 0 amide bonds. The zero-order chi connectivity index (χ0) is 12.7. The highest BCUT2D eigenvalue weighted by atomic mass is 35.5. The maximum absolute atomic E-state index is 10.9. The third-order valence-corrected chi connectivity index (χ3v) is 3.48. The molecule has 17 heavy (non-hydrogen) atoms. The van der Waals surface area contributed by atoms with Crippen LogP contribution in [0.3, 0.4) is 0 Å². The van der Waals surface area contributed by atoms with Gasteiger partial charge in [0.2, 0.25) is 0 Å². The molecular formula is C11H18ClN3OS. The molecule has 1 N–H and O–H groups in total. The number of halogens is 1. The second-order valence-corrected chi connectivity index (χ2v) is 5.71. The molecule has 1 rings (SSSR count). The largest absolute Gasteiger partial charge is 0.370 e. The highest BCUT2D eigenvalue weighted by Gasteiger charge is 2.08. The Morgan fingerprint density at radius 3 is 2.88 bits per heavy atom. The summed E-state index contributed by atoms with van der Waals surface area (Å²) in [5.41, 5.74) is 0.967. The van der Waals surface area contributed by atoms with E-state index in [1.165, 1.54) is 6.33 Å². The van der Waals surface area contributed by atoms with Crippen LogP contribution in [0.4, 0.5) is 5.82 Å². The predicted molar refractivity (Wildman–Crippen MR) is 73.1 cm³/mol. The summed E-state index contributed by atoms with van der Waals surface area (Å²) in [6.07, 6.45) is 5.89. The predicted octanol–water partition coefficient (Wildman–Crippen LogP) is 2.26. The fourth-order valence-corrected chi connectivity index (χ4v) is 2.28. The van der Waals surface area contributed by atoms with Crippen molar-refractivity contribution in [2.24, 2.45) is 0 Å². The van der Waals surface area contributed by atoms with Crippen LogP contribution in [-0.2, 0) is 17.2 Å². The summed E-state index contributed by atoms with van der Waals surface area (Å²) in [6.45, 7) is 2.84. The lowest BCUT2D eigenvalue weighted by Gasteiger charge is -2.10. The van der Waals surface area contributed by atoms with Crippen LogP contribution in [0.1, 0.15) is 25.3 Å². The van der Waals surface area contributed by atoms with Gasteiger partial charge in [-0.15, -0.1) is 0 Å². The standard InChI is InChI=1S/C11H18ClN3OS/c1-3-5-9-10(12)14-8-15-11(9)13-6-4-7-17(2)16/h8H,3-7H2,1-2H3,(H,13,14,15). The number of nitrogens with one attached hydrogen (secondary N) is 1. The number of hydrogen-bond acceptors (Lipinski definition) is 4. The molecule has 1 aromatic heterocycles. The van der Waals surface area contributed by atoms with Crippen LogP contribution in [0.25, 0.3) is 0 Å². The Hall–Kier alpha value is -0.680. The molecule has 0 aromatic carbocycles. The van der Waals surface area contributed by atoms with Crippen LogP contribution in [-0.4, -0.2) is 32.7 Å². The molecule has 0 aliphatic carbocycles. The lowest BCUT2D eigenvalue weighted by atomic mass is 10.2. The minimum atomic E-state index is -0.735. The molecule has 1 atom stereocenters. The molecule has 0 bridgehead atoms. The zero-order valence-electron chi connectivity index (χ0n) is 10.2. The molecule has 0 saturated carbocycles. The van der Waals surface area contributed by atoms with E-state index in [0.717, 1.165) is 37.2 Å². The summed E-state index contributed by atoms with van der Waals surface area (Å²) >= 11 is 6.03. The van der Waals surface area contributed by atoms with Gasteiger partial charge in [0.25, 0.3) is 0 Å². The van der Waals surface area contributed by atoms with E-state index in [1.807, 2.05) is 0 Å². The first-order valence-electron chi connectivity index (χ1n) is 5.68. The van der Waals surface area contributed by atoms with Gasteiger partial charge in [0.15, 0.2) is 0 Å². The maximum Gasteiger partial charge on any atom is 0.137 e. The number of nitrogens with zero attached hydrogens (tertiary/aromatic N) is 2. The first-order chi connectivity index (χ1) is 8.15. The van der Waals surface area contributed by atoms with E-state index in [-0.39, 0.29) is 0 Å².